The van der Waals surface area contributed by atoms with E-state index in [0.29, 0.717) is 17.9 Å². The Hall–Kier alpha value is -1.75. The molecule has 2 bridgehead atoms. The summed E-state index contributed by atoms with van der Waals surface area (Å²) in [6.07, 6.45) is 2.43. The Labute approximate surface area is 130 Å². The van der Waals surface area contributed by atoms with Gasteiger partial charge in [0.1, 0.15) is 12.7 Å². The zero-order valence-corrected chi connectivity index (χ0v) is 12.9. The monoisotopic (exact) mass is 302 g/mol. The van der Waals surface area contributed by atoms with Gasteiger partial charge in [-0.05, 0) is 50.4 Å². The van der Waals surface area contributed by atoms with Crippen LogP contribution in [-0.4, -0.2) is 49.2 Å². The van der Waals surface area contributed by atoms with E-state index in [2.05, 4.69) is 10.2 Å². The average molecular weight is 302 g/mol. The summed E-state index contributed by atoms with van der Waals surface area (Å²) in [5.41, 5.74) is 0.643. The number of fused-ring (bicyclic) bond motifs is 3. The van der Waals surface area contributed by atoms with Crippen LogP contribution in [-0.2, 0) is 0 Å². The minimum absolute atomic E-state index is 0.0162. The Morgan fingerprint density at radius 1 is 1.32 bits per heavy atom. The number of nitrogens with one attached hydrogen (secondary N) is 1. The van der Waals surface area contributed by atoms with Crippen molar-refractivity contribution < 1.29 is 14.3 Å². The molecular formula is C17H22N2O3. The van der Waals surface area contributed by atoms with Crippen LogP contribution in [0.2, 0.25) is 0 Å². The standard InChI is InChI=1S/C17H22N2O3/c1-11-10-21-16-7-13(2-3-15(16)22-11)17(20)18-14-6-12-4-5-19(8-12)9-14/h2-3,7,11-12,14H,4-6,8-10H2,1H3,(H,18,20). The third-order valence-electron chi connectivity index (χ3n) is 4.81. The summed E-state index contributed by atoms with van der Waals surface area (Å²) in [5, 5.41) is 3.17. The van der Waals surface area contributed by atoms with E-state index < -0.39 is 0 Å². The van der Waals surface area contributed by atoms with E-state index in [1.165, 1.54) is 19.5 Å². The molecule has 118 valence electrons. The van der Waals surface area contributed by atoms with Crippen LogP contribution in [0.1, 0.15) is 30.1 Å². The molecule has 0 saturated carbocycles. The lowest BCUT2D eigenvalue weighted by Crippen LogP contribution is -2.47. The molecule has 1 aromatic carbocycles. The molecule has 3 aliphatic rings. The second-order valence-corrected chi connectivity index (χ2v) is 6.72. The summed E-state index contributed by atoms with van der Waals surface area (Å²) in [6.45, 7) is 5.85. The summed E-state index contributed by atoms with van der Waals surface area (Å²) < 4.78 is 11.3. The molecule has 4 unspecified atom stereocenters. The van der Waals surface area contributed by atoms with Crippen LogP contribution in [0.25, 0.3) is 0 Å². The van der Waals surface area contributed by atoms with E-state index in [9.17, 15) is 4.79 Å². The lowest BCUT2D eigenvalue weighted by atomic mass is 9.96. The number of rotatable bonds is 2. The summed E-state index contributed by atoms with van der Waals surface area (Å²) in [6, 6.07) is 5.69. The molecular weight excluding hydrogens is 280 g/mol. The van der Waals surface area contributed by atoms with E-state index in [0.717, 1.165) is 24.6 Å². The lowest BCUT2D eigenvalue weighted by molar-refractivity contribution is 0.0904. The van der Waals surface area contributed by atoms with Gasteiger partial charge >= 0.3 is 0 Å². The van der Waals surface area contributed by atoms with Crippen molar-refractivity contribution in [2.24, 2.45) is 5.92 Å². The van der Waals surface area contributed by atoms with Gasteiger partial charge in [0.05, 0.1) is 0 Å². The van der Waals surface area contributed by atoms with Crippen LogP contribution < -0.4 is 14.8 Å². The Morgan fingerprint density at radius 3 is 3.09 bits per heavy atom. The number of amides is 1. The van der Waals surface area contributed by atoms with Gasteiger partial charge in [-0.25, -0.2) is 0 Å². The van der Waals surface area contributed by atoms with Gasteiger partial charge in [-0.1, -0.05) is 0 Å². The van der Waals surface area contributed by atoms with Crippen molar-refractivity contribution in [3.05, 3.63) is 23.8 Å². The predicted octanol–water partition coefficient (Wildman–Crippen LogP) is 1.67. The van der Waals surface area contributed by atoms with Crippen molar-refractivity contribution in [2.75, 3.05) is 26.2 Å². The summed E-state index contributed by atoms with van der Waals surface area (Å²) in [4.78, 5) is 14.9. The Morgan fingerprint density at radius 2 is 2.23 bits per heavy atom. The largest absolute Gasteiger partial charge is 0.486 e. The van der Waals surface area contributed by atoms with Crippen molar-refractivity contribution in [3.63, 3.8) is 0 Å². The van der Waals surface area contributed by atoms with E-state index >= 15 is 0 Å². The minimum atomic E-state index is -0.0162. The number of benzene rings is 1. The Balaban J connectivity index is 1.44. The Kier molecular flexibility index (Phi) is 3.45. The SMILES string of the molecule is CC1COc2cc(C(=O)NC3CC4CCN(C4)C3)ccc2O1. The van der Waals surface area contributed by atoms with Gasteiger partial charge in [-0.2, -0.15) is 0 Å². The molecule has 1 aromatic rings. The molecule has 1 N–H and O–H groups in total. The fourth-order valence-electron chi connectivity index (χ4n) is 3.75. The van der Waals surface area contributed by atoms with Gasteiger partial charge in [0, 0.05) is 24.7 Å². The van der Waals surface area contributed by atoms with Gasteiger partial charge in [0.15, 0.2) is 11.5 Å². The van der Waals surface area contributed by atoms with E-state index in [-0.39, 0.29) is 18.1 Å². The lowest BCUT2D eigenvalue weighted by Gasteiger charge is -2.30. The molecule has 0 radical (unpaired) electrons. The maximum Gasteiger partial charge on any atom is 0.251 e. The average Bonchev–Trinajstić information content (AvgIpc) is 2.85. The first-order valence-electron chi connectivity index (χ1n) is 8.14. The molecule has 4 atom stereocenters. The highest BCUT2D eigenvalue weighted by atomic mass is 16.6. The first-order chi connectivity index (χ1) is 10.7. The predicted molar refractivity (Wildman–Crippen MR) is 82.4 cm³/mol. The van der Waals surface area contributed by atoms with Crippen molar-refractivity contribution in [1.82, 2.24) is 10.2 Å². The highest BCUT2D eigenvalue weighted by Gasteiger charge is 2.33. The molecule has 2 saturated heterocycles. The number of piperidine rings is 1. The summed E-state index contributed by atoms with van der Waals surface area (Å²) in [7, 11) is 0. The van der Waals surface area contributed by atoms with Crippen molar-refractivity contribution in [2.45, 2.75) is 31.9 Å². The number of carbonyl (C=O) groups excluding carboxylic acids is 1. The third kappa shape index (κ3) is 2.65. The number of hydrogen-bond donors (Lipinski definition) is 1. The summed E-state index contributed by atoms with van der Waals surface area (Å²) in [5.74, 6) is 2.12. The second-order valence-electron chi connectivity index (χ2n) is 6.72. The van der Waals surface area contributed by atoms with Crippen LogP contribution >= 0.6 is 0 Å². The number of nitrogens with zero attached hydrogens (tertiary/aromatic N) is 1. The van der Waals surface area contributed by atoms with Gasteiger partial charge in [-0.15, -0.1) is 0 Å². The van der Waals surface area contributed by atoms with Crippen LogP contribution in [0.15, 0.2) is 18.2 Å². The van der Waals surface area contributed by atoms with Gasteiger partial charge in [0.2, 0.25) is 0 Å². The van der Waals surface area contributed by atoms with Crippen LogP contribution in [0, 0.1) is 5.92 Å². The normalized spacial score (nSPS) is 32.6. The molecule has 1 amide bonds. The molecule has 0 aliphatic carbocycles. The minimum Gasteiger partial charge on any atom is -0.486 e. The van der Waals surface area contributed by atoms with Crippen LogP contribution in [0.4, 0.5) is 0 Å². The van der Waals surface area contributed by atoms with Gasteiger partial charge in [-0.3, -0.25) is 4.79 Å². The van der Waals surface area contributed by atoms with E-state index in [1.807, 2.05) is 19.1 Å². The maximum atomic E-state index is 12.5. The summed E-state index contributed by atoms with van der Waals surface area (Å²) >= 11 is 0. The molecule has 3 aliphatic heterocycles. The molecule has 0 aromatic heterocycles. The topological polar surface area (TPSA) is 50.8 Å². The molecule has 4 rings (SSSR count). The molecule has 5 heteroatoms. The van der Waals surface area contributed by atoms with E-state index in [1.54, 1.807) is 6.07 Å². The van der Waals surface area contributed by atoms with Gasteiger partial charge in [0.25, 0.3) is 5.91 Å². The highest BCUT2D eigenvalue weighted by Crippen LogP contribution is 2.32. The fourth-order valence-corrected chi connectivity index (χ4v) is 3.75. The quantitative estimate of drug-likeness (QED) is 0.903. The first-order valence-corrected chi connectivity index (χ1v) is 8.14. The molecule has 0 spiro atoms. The number of ether oxygens (including phenoxy) is 2. The van der Waals surface area contributed by atoms with Crippen LogP contribution in [0.3, 0.4) is 0 Å². The number of hydrogen-bond acceptors (Lipinski definition) is 4. The maximum absolute atomic E-state index is 12.5. The third-order valence-corrected chi connectivity index (χ3v) is 4.81. The highest BCUT2D eigenvalue weighted by molar-refractivity contribution is 5.95. The van der Waals surface area contributed by atoms with Crippen molar-refractivity contribution in [1.29, 1.82) is 0 Å². The zero-order chi connectivity index (χ0) is 15.1. The molecule has 3 heterocycles. The molecule has 22 heavy (non-hydrogen) atoms. The smallest absolute Gasteiger partial charge is 0.251 e. The van der Waals surface area contributed by atoms with Crippen LogP contribution in [0.5, 0.6) is 11.5 Å². The van der Waals surface area contributed by atoms with Gasteiger partial charge < -0.3 is 19.7 Å². The molecule has 5 nitrogen and oxygen atoms in total. The van der Waals surface area contributed by atoms with Crippen molar-refractivity contribution >= 4 is 5.91 Å². The molecule has 2 fully saturated rings. The van der Waals surface area contributed by atoms with Crippen molar-refractivity contribution in [3.8, 4) is 11.5 Å². The van der Waals surface area contributed by atoms with E-state index in [4.69, 9.17) is 9.47 Å². The second kappa shape index (κ2) is 5.47. The fraction of sp³-hybridized carbons (Fsp3) is 0.588. The first kappa shape index (κ1) is 13.9. The number of carbonyl (C=O) groups is 1. The zero-order valence-electron chi connectivity index (χ0n) is 12.9. The Bertz CT molecular complexity index is 577.